The van der Waals surface area contributed by atoms with Crippen LogP contribution < -0.4 is 5.32 Å². The Labute approximate surface area is 115 Å². The molecule has 1 N–H and O–H groups in total. The molecule has 1 aromatic heterocycles. The second-order valence-corrected chi connectivity index (χ2v) is 5.32. The predicted octanol–water partition coefficient (Wildman–Crippen LogP) is 3.36. The van der Waals surface area contributed by atoms with Gasteiger partial charge in [-0.15, -0.1) is 0 Å². The lowest BCUT2D eigenvalue weighted by Gasteiger charge is -2.12. The van der Waals surface area contributed by atoms with E-state index < -0.39 is 0 Å². The summed E-state index contributed by atoms with van der Waals surface area (Å²) in [6.45, 7) is 0. The third kappa shape index (κ3) is 1.90. The number of nitrogens with one attached hydrogen (secondary N) is 1. The molecule has 1 aliphatic carbocycles. The summed E-state index contributed by atoms with van der Waals surface area (Å²) in [5.41, 5.74) is 2.81. The molecule has 0 amide bonds. The number of aryl methyl sites for hydroxylation is 1. The maximum atomic E-state index is 4.60. The average Bonchev–Trinajstić information content (AvgIpc) is 2.83. The molecule has 0 saturated carbocycles. The molecule has 0 radical (unpaired) electrons. The smallest absolute Gasteiger partial charge is 0.143 e. The second-order valence-electron chi connectivity index (χ2n) is 4.46. The van der Waals surface area contributed by atoms with Gasteiger partial charge in [0.1, 0.15) is 11.6 Å². The highest BCUT2D eigenvalue weighted by molar-refractivity contribution is 9.10. The maximum absolute atomic E-state index is 4.60. The molecule has 0 spiro atoms. The van der Waals surface area contributed by atoms with Gasteiger partial charge in [-0.05, 0) is 39.9 Å². The molecule has 0 fully saturated rings. The molecule has 1 aliphatic rings. The molecule has 1 unspecified atom stereocenters. The number of rotatable bonds is 2. The molecule has 1 atom stereocenters. The number of hydrogen-bond donors (Lipinski definition) is 1. The Bertz CT molecular complexity index is 583. The summed E-state index contributed by atoms with van der Waals surface area (Å²) in [5, 5.41) is 3.09. The zero-order chi connectivity index (χ0) is 12.5. The third-order valence-electron chi connectivity index (χ3n) is 3.44. The van der Waals surface area contributed by atoms with Crippen LogP contribution >= 0.6 is 15.9 Å². The van der Waals surface area contributed by atoms with Crippen molar-refractivity contribution in [1.82, 2.24) is 9.97 Å². The van der Waals surface area contributed by atoms with Crippen LogP contribution in [0.1, 0.15) is 29.3 Å². The van der Waals surface area contributed by atoms with Crippen LogP contribution in [-0.2, 0) is 6.42 Å². The van der Waals surface area contributed by atoms with E-state index in [9.17, 15) is 0 Å². The standard InChI is InChI=1S/C14H14BrN3/c1-16-14-12(15)8-17-13(18-14)11-7-6-9-4-2-3-5-10(9)11/h2-5,8,11H,6-7H2,1H3,(H,16,17,18). The Kier molecular flexibility index (Phi) is 3.04. The van der Waals surface area contributed by atoms with Crippen LogP contribution in [0.25, 0.3) is 0 Å². The van der Waals surface area contributed by atoms with Crippen molar-refractivity contribution in [2.45, 2.75) is 18.8 Å². The molecule has 1 aromatic carbocycles. The minimum absolute atomic E-state index is 0.335. The van der Waals surface area contributed by atoms with Gasteiger partial charge in [-0.2, -0.15) is 0 Å². The van der Waals surface area contributed by atoms with Gasteiger partial charge in [0, 0.05) is 19.2 Å². The lowest BCUT2D eigenvalue weighted by atomic mass is 10.0. The fourth-order valence-electron chi connectivity index (χ4n) is 2.55. The number of hydrogen-bond acceptors (Lipinski definition) is 3. The summed E-state index contributed by atoms with van der Waals surface area (Å²) in [6, 6.07) is 8.59. The molecule has 3 rings (SSSR count). The van der Waals surface area contributed by atoms with E-state index in [1.54, 1.807) is 0 Å². The quantitative estimate of drug-likeness (QED) is 0.924. The summed E-state index contributed by atoms with van der Waals surface area (Å²) in [7, 11) is 1.87. The summed E-state index contributed by atoms with van der Waals surface area (Å²) in [6.07, 6.45) is 4.05. The Hall–Kier alpha value is -1.42. The van der Waals surface area contributed by atoms with E-state index in [0.717, 1.165) is 29.0 Å². The fourth-order valence-corrected chi connectivity index (χ4v) is 2.94. The second kappa shape index (κ2) is 4.69. The number of benzene rings is 1. The molecule has 4 heteroatoms. The van der Waals surface area contributed by atoms with Crippen molar-refractivity contribution in [3.63, 3.8) is 0 Å². The van der Waals surface area contributed by atoms with E-state index in [4.69, 9.17) is 0 Å². The fraction of sp³-hybridized carbons (Fsp3) is 0.286. The van der Waals surface area contributed by atoms with Crippen LogP contribution in [0.2, 0.25) is 0 Å². The Morgan fingerprint density at radius 2 is 2.17 bits per heavy atom. The third-order valence-corrected chi connectivity index (χ3v) is 4.02. The van der Waals surface area contributed by atoms with Crippen LogP contribution in [0.5, 0.6) is 0 Å². The lowest BCUT2D eigenvalue weighted by molar-refractivity contribution is 0.728. The van der Waals surface area contributed by atoms with Crippen molar-refractivity contribution < 1.29 is 0 Å². The number of nitrogens with zero attached hydrogens (tertiary/aromatic N) is 2. The van der Waals surface area contributed by atoms with Gasteiger partial charge in [-0.3, -0.25) is 0 Å². The monoisotopic (exact) mass is 303 g/mol. The van der Waals surface area contributed by atoms with E-state index in [-0.39, 0.29) is 0 Å². The first-order chi connectivity index (χ1) is 8.79. The number of fused-ring (bicyclic) bond motifs is 1. The van der Waals surface area contributed by atoms with E-state index >= 15 is 0 Å². The summed E-state index contributed by atoms with van der Waals surface area (Å²) >= 11 is 3.44. The van der Waals surface area contributed by atoms with Crippen molar-refractivity contribution in [3.8, 4) is 0 Å². The van der Waals surface area contributed by atoms with E-state index in [1.165, 1.54) is 11.1 Å². The zero-order valence-electron chi connectivity index (χ0n) is 10.2. The molecule has 3 nitrogen and oxygen atoms in total. The molecule has 0 saturated heterocycles. The summed E-state index contributed by atoms with van der Waals surface area (Å²) < 4.78 is 0.903. The zero-order valence-corrected chi connectivity index (χ0v) is 11.7. The van der Waals surface area contributed by atoms with Crippen molar-refractivity contribution in [3.05, 3.63) is 51.9 Å². The van der Waals surface area contributed by atoms with Gasteiger partial charge < -0.3 is 5.32 Å². The molecule has 1 heterocycles. The van der Waals surface area contributed by atoms with Gasteiger partial charge in [-0.25, -0.2) is 9.97 Å². The summed E-state index contributed by atoms with van der Waals surface area (Å²) in [4.78, 5) is 9.07. The molecule has 0 aliphatic heterocycles. The topological polar surface area (TPSA) is 37.8 Å². The Morgan fingerprint density at radius 1 is 1.33 bits per heavy atom. The molecule has 18 heavy (non-hydrogen) atoms. The normalized spacial score (nSPS) is 17.6. The van der Waals surface area contributed by atoms with Crippen molar-refractivity contribution in [1.29, 1.82) is 0 Å². The Balaban J connectivity index is 2.02. The first kappa shape index (κ1) is 11.7. The van der Waals surface area contributed by atoms with Gasteiger partial charge in [0.25, 0.3) is 0 Å². The Morgan fingerprint density at radius 3 is 3.00 bits per heavy atom. The molecular formula is C14H14BrN3. The first-order valence-electron chi connectivity index (χ1n) is 6.07. The lowest BCUT2D eigenvalue weighted by Crippen LogP contribution is -2.05. The number of halogens is 1. The van der Waals surface area contributed by atoms with Crippen molar-refractivity contribution in [2.24, 2.45) is 0 Å². The van der Waals surface area contributed by atoms with Crippen LogP contribution in [0, 0.1) is 0 Å². The van der Waals surface area contributed by atoms with E-state index in [2.05, 4.69) is 55.5 Å². The van der Waals surface area contributed by atoms with Crippen LogP contribution in [-0.4, -0.2) is 17.0 Å². The van der Waals surface area contributed by atoms with Crippen molar-refractivity contribution >= 4 is 21.7 Å². The molecular weight excluding hydrogens is 290 g/mol. The van der Waals surface area contributed by atoms with Crippen LogP contribution in [0.3, 0.4) is 0 Å². The largest absolute Gasteiger partial charge is 0.372 e. The highest BCUT2D eigenvalue weighted by Crippen LogP contribution is 2.37. The van der Waals surface area contributed by atoms with E-state index in [0.29, 0.717) is 5.92 Å². The van der Waals surface area contributed by atoms with Gasteiger partial charge in [0.05, 0.1) is 4.47 Å². The maximum Gasteiger partial charge on any atom is 0.143 e. The van der Waals surface area contributed by atoms with Crippen LogP contribution in [0.4, 0.5) is 5.82 Å². The highest BCUT2D eigenvalue weighted by atomic mass is 79.9. The van der Waals surface area contributed by atoms with Gasteiger partial charge in [0.2, 0.25) is 0 Å². The number of anilines is 1. The average molecular weight is 304 g/mol. The van der Waals surface area contributed by atoms with Gasteiger partial charge in [0.15, 0.2) is 0 Å². The van der Waals surface area contributed by atoms with Gasteiger partial charge >= 0.3 is 0 Å². The highest BCUT2D eigenvalue weighted by Gasteiger charge is 2.26. The SMILES string of the molecule is CNc1nc(C2CCc3ccccc32)ncc1Br. The van der Waals surface area contributed by atoms with Crippen LogP contribution in [0.15, 0.2) is 34.9 Å². The van der Waals surface area contributed by atoms with E-state index in [1.807, 2.05) is 13.2 Å². The van der Waals surface area contributed by atoms with Crippen molar-refractivity contribution in [2.75, 3.05) is 12.4 Å². The predicted molar refractivity (Wildman–Crippen MR) is 75.9 cm³/mol. The number of aromatic nitrogens is 2. The summed E-state index contributed by atoms with van der Waals surface area (Å²) in [5.74, 6) is 2.10. The molecule has 0 bridgehead atoms. The molecule has 2 aromatic rings. The first-order valence-corrected chi connectivity index (χ1v) is 6.87. The minimum Gasteiger partial charge on any atom is -0.372 e. The van der Waals surface area contributed by atoms with Gasteiger partial charge in [-0.1, -0.05) is 24.3 Å². The molecule has 92 valence electrons. The minimum atomic E-state index is 0.335.